The van der Waals surface area contributed by atoms with Gasteiger partial charge in [0.15, 0.2) is 0 Å². The SMILES string of the molecule is C=CCc1cc(Cl)c(Cl)cc1N. The minimum Gasteiger partial charge on any atom is -0.398 e. The molecule has 1 aromatic carbocycles. The summed E-state index contributed by atoms with van der Waals surface area (Å²) in [6.45, 7) is 3.62. The summed E-state index contributed by atoms with van der Waals surface area (Å²) in [5.74, 6) is 0. The fourth-order valence-corrected chi connectivity index (χ4v) is 1.29. The van der Waals surface area contributed by atoms with E-state index < -0.39 is 0 Å². The molecule has 0 saturated carbocycles. The molecule has 0 heterocycles. The molecule has 2 N–H and O–H groups in total. The highest BCUT2D eigenvalue weighted by Gasteiger charge is 2.02. The third kappa shape index (κ3) is 1.93. The van der Waals surface area contributed by atoms with Crippen LogP contribution in [-0.4, -0.2) is 0 Å². The maximum Gasteiger partial charge on any atom is 0.0612 e. The van der Waals surface area contributed by atoms with Crippen molar-refractivity contribution in [3.05, 3.63) is 40.4 Å². The Labute approximate surface area is 81.8 Å². The van der Waals surface area contributed by atoms with Crippen LogP contribution < -0.4 is 5.73 Å². The van der Waals surface area contributed by atoms with Gasteiger partial charge in [0.2, 0.25) is 0 Å². The zero-order chi connectivity index (χ0) is 9.14. The smallest absolute Gasteiger partial charge is 0.0612 e. The summed E-state index contributed by atoms with van der Waals surface area (Å²) < 4.78 is 0. The van der Waals surface area contributed by atoms with Gasteiger partial charge in [0, 0.05) is 5.69 Å². The molecule has 1 rings (SSSR count). The highest BCUT2D eigenvalue weighted by Crippen LogP contribution is 2.27. The van der Waals surface area contributed by atoms with Crippen molar-refractivity contribution in [1.29, 1.82) is 0 Å². The minimum atomic E-state index is 0.488. The normalized spacial score (nSPS) is 9.83. The number of hydrogen-bond acceptors (Lipinski definition) is 1. The third-order valence-electron chi connectivity index (χ3n) is 1.55. The number of anilines is 1. The van der Waals surface area contributed by atoms with E-state index in [1.54, 1.807) is 18.2 Å². The molecular weight excluding hydrogens is 193 g/mol. The Bertz CT molecular complexity index is 308. The van der Waals surface area contributed by atoms with Crippen molar-refractivity contribution in [2.75, 3.05) is 5.73 Å². The summed E-state index contributed by atoms with van der Waals surface area (Å²) in [6, 6.07) is 3.42. The van der Waals surface area contributed by atoms with Gasteiger partial charge in [-0.3, -0.25) is 0 Å². The first-order valence-corrected chi connectivity index (χ1v) is 4.25. The maximum absolute atomic E-state index is 5.80. The Morgan fingerprint density at radius 3 is 2.50 bits per heavy atom. The fourth-order valence-electron chi connectivity index (χ4n) is 0.936. The molecule has 0 aliphatic carbocycles. The van der Waals surface area contributed by atoms with E-state index in [0.29, 0.717) is 22.2 Å². The van der Waals surface area contributed by atoms with Gasteiger partial charge in [-0.15, -0.1) is 6.58 Å². The standard InChI is InChI=1S/C9H9Cl2N/c1-2-3-6-4-7(10)8(11)5-9(6)12/h2,4-5H,1,3,12H2. The number of rotatable bonds is 2. The summed E-state index contributed by atoms with van der Waals surface area (Å²) in [7, 11) is 0. The second kappa shape index (κ2) is 3.83. The molecule has 12 heavy (non-hydrogen) atoms. The monoisotopic (exact) mass is 201 g/mol. The van der Waals surface area contributed by atoms with Crippen molar-refractivity contribution in [1.82, 2.24) is 0 Å². The Morgan fingerprint density at radius 2 is 1.92 bits per heavy atom. The van der Waals surface area contributed by atoms with E-state index in [1.165, 1.54) is 0 Å². The van der Waals surface area contributed by atoms with Gasteiger partial charge in [0.25, 0.3) is 0 Å². The van der Waals surface area contributed by atoms with Crippen LogP contribution in [0.15, 0.2) is 24.8 Å². The van der Waals surface area contributed by atoms with Gasteiger partial charge in [-0.1, -0.05) is 29.3 Å². The van der Waals surface area contributed by atoms with Crippen molar-refractivity contribution >= 4 is 28.9 Å². The largest absolute Gasteiger partial charge is 0.398 e. The molecule has 0 aliphatic heterocycles. The second-order valence-corrected chi connectivity index (χ2v) is 3.27. The second-order valence-electron chi connectivity index (χ2n) is 2.46. The van der Waals surface area contributed by atoms with Crippen molar-refractivity contribution in [3.63, 3.8) is 0 Å². The average Bonchev–Trinajstić information content (AvgIpc) is 2.01. The quantitative estimate of drug-likeness (QED) is 0.577. The van der Waals surface area contributed by atoms with Crippen molar-refractivity contribution in [3.8, 4) is 0 Å². The van der Waals surface area contributed by atoms with E-state index in [9.17, 15) is 0 Å². The van der Waals surface area contributed by atoms with Gasteiger partial charge >= 0.3 is 0 Å². The van der Waals surface area contributed by atoms with Gasteiger partial charge in [0.1, 0.15) is 0 Å². The lowest BCUT2D eigenvalue weighted by atomic mass is 10.1. The molecule has 0 unspecified atom stereocenters. The molecule has 0 atom stereocenters. The molecule has 1 aromatic rings. The van der Waals surface area contributed by atoms with E-state index in [0.717, 1.165) is 5.56 Å². The van der Waals surface area contributed by atoms with Crippen LogP contribution in [0.4, 0.5) is 5.69 Å². The van der Waals surface area contributed by atoms with Crippen LogP contribution in [0, 0.1) is 0 Å². The predicted molar refractivity (Wildman–Crippen MR) is 54.8 cm³/mol. The number of benzene rings is 1. The summed E-state index contributed by atoms with van der Waals surface area (Å²) in [5, 5.41) is 1.02. The Morgan fingerprint density at radius 1 is 1.33 bits per heavy atom. The molecule has 0 saturated heterocycles. The summed E-state index contributed by atoms with van der Waals surface area (Å²) >= 11 is 11.5. The van der Waals surface area contributed by atoms with Crippen LogP contribution in [-0.2, 0) is 6.42 Å². The predicted octanol–water partition coefficient (Wildman–Crippen LogP) is 3.30. The zero-order valence-electron chi connectivity index (χ0n) is 6.48. The van der Waals surface area contributed by atoms with Crippen LogP contribution in [0.1, 0.15) is 5.56 Å². The number of nitrogen functional groups attached to an aromatic ring is 1. The van der Waals surface area contributed by atoms with Crippen LogP contribution in [0.2, 0.25) is 10.0 Å². The van der Waals surface area contributed by atoms with E-state index in [1.807, 2.05) is 0 Å². The van der Waals surface area contributed by atoms with Crippen molar-refractivity contribution in [2.45, 2.75) is 6.42 Å². The highest BCUT2D eigenvalue weighted by molar-refractivity contribution is 6.42. The lowest BCUT2D eigenvalue weighted by Gasteiger charge is -2.04. The van der Waals surface area contributed by atoms with Gasteiger partial charge in [-0.25, -0.2) is 0 Å². The van der Waals surface area contributed by atoms with Crippen LogP contribution >= 0.6 is 23.2 Å². The maximum atomic E-state index is 5.80. The van der Waals surface area contributed by atoms with Gasteiger partial charge in [0.05, 0.1) is 10.0 Å². The molecule has 0 fully saturated rings. The number of hydrogen-bond donors (Lipinski definition) is 1. The first-order valence-electron chi connectivity index (χ1n) is 3.49. The lowest BCUT2D eigenvalue weighted by molar-refractivity contribution is 1.28. The zero-order valence-corrected chi connectivity index (χ0v) is 7.99. The number of allylic oxidation sites excluding steroid dienone is 1. The van der Waals surface area contributed by atoms with E-state index in [-0.39, 0.29) is 0 Å². The molecule has 3 heteroatoms. The molecule has 0 bridgehead atoms. The fraction of sp³-hybridized carbons (Fsp3) is 0.111. The molecule has 0 spiro atoms. The van der Waals surface area contributed by atoms with Crippen LogP contribution in [0.25, 0.3) is 0 Å². The Kier molecular flexibility index (Phi) is 3.01. The number of halogens is 2. The summed E-state index contributed by atoms with van der Waals surface area (Å²) in [5.41, 5.74) is 7.30. The Balaban J connectivity index is 3.13. The minimum absolute atomic E-state index is 0.488. The van der Waals surface area contributed by atoms with E-state index >= 15 is 0 Å². The molecule has 0 aliphatic rings. The average molecular weight is 202 g/mol. The number of nitrogens with two attached hydrogens (primary N) is 1. The Hall–Kier alpha value is -0.660. The summed E-state index contributed by atoms with van der Waals surface area (Å²) in [4.78, 5) is 0. The van der Waals surface area contributed by atoms with E-state index in [4.69, 9.17) is 28.9 Å². The molecule has 1 nitrogen and oxygen atoms in total. The molecule has 0 aromatic heterocycles. The van der Waals surface area contributed by atoms with Crippen molar-refractivity contribution in [2.24, 2.45) is 0 Å². The third-order valence-corrected chi connectivity index (χ3v) is 2.27. The first kappa shape index (κ1) is 9.43. The van der Waals surface area contributed by atoms with Gasteiger partial charge in [-0.05, 0) is 24.1 Å². The molecule has 0 amide bonds. The van der Waals surface area contributed by atoms with Crippen LogP contribution in [0.3, 0.4) is 0 Å². The van der Waals surface area contributed by atoms with Crippen molar-refractivity contribution < 1.29 is 0 Å². The topological polar surface area (TPSA) is 26.0 Å². The first-order chi connectivity index (χ1) is 5.65. The van der Waals surface area contributed by atoms with Gasteiger partial charge < -0.3 is 5.73 Å². The highest BCUT2D eigenvalue weighted by atomic mass is 35.5. The summed E-state index contributed by atoms with van der Waals surface area (Å²) in [6.07, 6.45) is 2.48. The lowest BCUT2D eigenvalue weighted by Crippen LogP contribution is -1.92. The van der Waals surface area contributed by atoms with E-state index in [2.05, 4.69) is 6.58 Å². The molecule has 0 radical (unpaired) electrons. The molecular formula is C9H9Cl2N. The van der Waals surface area contributed by atoms with Crippen LogP contribution in [0.5, 0.6) is 0 Å². The van der Waals surface area contributed by atoms with Gasteiger partial charge in [-0.2, -0.15) is 0 Å². The molecule has 64 valence electrons.